The zero-order valence-electron chi connectivity index (χ0n) is 10.2. The highest BCUT2D eigenvalue weighted by Crippen LogP contribution is 2.19. The first kappa shape index (κ1) is 11.1. The number of nitrogens with zero attached hydrogens (tertiary/aromatic N) is 1. The molecule has 0 atom stereocenters. The van der Waals surface area contributed by atoms with Crippen LogP contribution in [-0.4, -0.2) is 18.6 Å². The van der Waals surface area contributed by atoms with E-state index in [9.17, 15) is 0 Å². The molecule has 2 aromatic rings. The van der Waals surface area contributed by atoms with E-state index in [-0.39, 0.29) is 0 Å². The second-order valence-electron chi connectivity index (χ2n) is 4.30. The van der Waals surface area contributed by atoms with Crippen LogP contribution >= 0.6 is 0 Å². The predicted octanol–water partition coefficient (Wildman–Crippen LogP) is 2.61. The molecule has 0 spiro atoms. The van der Waals surface area contributed by atoms with Crippen molar-refractivity contribution in [3.8, 4) is 0 Å². The number of aromatic nitrogens is 1. The molecule has 84 valence electrons. The lowest BCUT2D eigenvalue weighted by molar-refractivity contribution is 0.779. The molecule has 0 radical (unpaired) electrons. The summed E-state index contributed by atoms with van der Waals surface area (Å²) in [5.74, 6) is 0. The molecule has 2 rings (SSSR count). The third-order valence-electron chi connectivity index (χ3n) is 2.85. The van der Waals surface area contributed by atoms with Crippen molar-refractivity contribution in [1.82, 2.24) is 10.3 Å². The number of hydrogen-bond donors (Lipinski definition) is 1. The Morgan fingerprint density at radius 2 is 2.00 bits per heavy atom. The highest BCUT2D eigenvalue weighted by molar-refractivity contribution is 5.82. The van der Waals surface area contributed by atoms with Crippen molar-refractivity contribution in [3.63, 3.8) is 0 Å². The highest BCUT2D eigenvalue weighted by atomic mass is 14.8. The van der Waals surface area contributed by atoms with Gasteiger partial charge in [-0.3, -0.25) is 4.98 Å². The van der Waals surface area contributed by atoms with E-state index < -0.39 is 0 Å². The van der Waals surface area contributed by atoms with Gasteiger partial charge in [-0.2, -0.15) is 0 Å². The van der Waals surface area contributed by atoms with Gasteiger partial charge in [0.25, 0.3) is 0 Å². The summed E-state index contributed by atoms with van der Waals surface area (Å²) < 4.78 is 0. The summed E-state index contributed by atoms with van der Waals surface area (Å²) in [4.78, 5) is 4.69. The number of hydrogen-bond acceptors (Lipinski definition) is 2. The topological polar surface area (TPSA) is 24.9 Å². The van der Waals surface area contributed by atoms with Crippen LogP contribution in [0.15, 0.2) is 24.3 Å². The van der Waals surface area contributed by atoms with Crippen LogP contribution in [0.4, 0.5) is 0 Å². The van der Waals surface area contributed by atoms with Crippen molar-refractivity contribution in [2.45, 2.75) is 20.3 Å². The third-order valence-corrected chi connectivity index (χ3v) is 2.85. The van der Waals surface area contributed by atoms with Crippen molar-refractivity contribution >= 4 is 10.9 Å². The van der Waals surface area contributed by atoms with Gasteiger partial charge in [-0.1, -0.05) is 12.1 Å². The second kappa shape index (κ2) is 4.62. The molecule has 1 N–H and O–H groups in total. The molecule has 0 aliphatic carbocycles. The standard InChI is InChI=1S/C14H18N2/c1-10-8-11(2)13-5-4-12(6-7-15-3)16-14(13)9-10/h4-5,8-9,15H,6-7H2,1-3H3. The van der Waals surface area contributed by atoms with Gasteiger partial charge < -0.3 is 5.32 Å². The van der Waals surface area contributed by atoms with Crippen LogP contribution in [0.5, 0.6) is 0 Å². The van der Waals surface area contributed by atoms with Gasteiger partial charge in [0.2, 0.25) is 0 Å². The van der Waals surface area contributed by atoms with E-state index in [1.165, 1.54) is 16.5 Å². The first-order valence-electron chi connectivity index (χ1n) is 5.72. The normalized spacial score (nSPS) is 10.9. The zero-order valence-corrected chi connectivity index (χ0v) is 10.2. The van der Waals surface area contributed by atoms with Crippen LogP contribution in [0.3, 0.4) is 0 Å². The number of likely N-dealkylation sites (N-methyl/N-ethyl adjacent to an activating group) is 1. The molecule has 0 bridgehead atoms. The minimum absolute atomic E-state index is 0.976. The monoisotopic (exact) mass is 214 g/mol. The largest absolute Gasteiger partial charge is 0.319 e. The Bertz CT molecular complexity index is 503. The van der Waals surface area contributed by atoms with Crippen molar-refractivity contribution in [3.05, 3.63) is 41.1 Å². The summed E-state index contributed by atoms with van der Waals surface area (Å²) in [6.45, 7) is 5.24. The third kappa shape index (κ3) is 2.22. The Morgan fingerprint density at radius 1 is 1.19 bits per heavy atom. The number of rotatable bonds is 3. The van der Waals surface area contributed by atoms with Crippen LogP contribution in [0.25, 0.3) is 10.9 Å². The fourth-order valence-electron chi connectivity index (χ4n) is 2.03. The molecule has 0 fully saturated rings. The first-order valence-corrected chi connectivity index (χ1v) is 5.72. The minimum atomic E-state index is 0.976. The van der Waals surface area contributed by atoms with E-state index in [2.05, 4.69) is 43.4 Å². The lowest BCUT2D eigenvalue weighted by Crippen LogP contribution is -2.11. The molecule has 0 saturated heterocycles. The van der Waals surface area contributed by atoms with E-state index in [0.29, 0.717) is 0 Å². The van der Waals surface area contributed by atoms with E-state index in [0.717, 1.165) is 24.2 Å². The number of benzene rings is 1. The van der Waals surface area contributed by atoms with Crippen molar-refractivity contribution in [1.29, 1.82) is 0 Å². The van der Waals surface area contributed by atoms with Crippen LogP contribution in [-0.2, 0) is 6.42 Å². The molecular formula is C14H18N2. The number of pyridine rings is 1. The lowest BCUT2D eigenvalue weighted by atomic mass is 10.1. The fraction of sp³-hybridized carbons (Fsp3) is 0.357. The Kier molecular flexibility index (Phi) is 3.20. The van der Waals surface area contributed by atoms with E-state index in [4.69, 9.17) is 4.98 Å². The van der Waals surface area contributed by atoms with Crippen LogP contribution < -0.4 is 5.32 Å². The molecule has 0 amide bonds. The van der Waals surface area contributed by atoms with Gasteiger partial charge in [0.1, 0.15) is 0 Å². The molecule has 1 aromatic heterocycles. The Labute approximate surface area is 96.7 Å². The van der Waals surface area contributed by atoms with E-state index in [1.807, 2.05) is 7.05 Å². The Balaban J connectivity index is 2.45. The van der Waals surface area contributed by atoms with Crippen molar-refractivity contribution in [2.75, 3.05) is 13.6 Å². The smallest absolute Gasteiger partial charge is 0.0710 e. The summed E-state index contributed by atoms with van der Waals surface area (Å²) >= 11 is 0. The maximum Gasteiger partial charge on any atom is 0.0710 e. The van der Waals surface area contributed by atoms with Crippen LogP contribution in [0.1, 0.15) is 16.8 Å². The maximum absolute atomic E-state index is 4.69. The molecule has 1 aromatic carbocycles. The van der Waals surface area contributed by atoms with Gasteiger partial charge in [-0.05, 0) is 44.2 Å². The molecule has 0 unspecified atom stereocenters. The molecular weight excluding hydrogens is 196 g/mol. The van der Waals surface area contributed by atoms with Gasteiger partial charge in [0.15, 0.2) is 0 Å². The summed E-state index contributed by atoms with van der Waals surface area (Å²) in [5, 5.41) is 4.41. The fourth-order valence-corrected chi connectivity index (χ4v) is 2.03. The Morgan fingerprint density at radius 3 is 2.75 bits per heavy atom. The molecule has 1 heterocycles. The van der Waals surface area contributed by atoms with Gasteiger partial charge in [0, 0.05) is 24.0 Å². The second-order valence-corrected chi connectivity index (χ2v) is 4.30. The van der Waals surface area contributed by atoms with Gasteiger partial charge in [-0.25, -0.2) is 0 Å². The lowest BCUT2D eigenvalue weighted by Gasteiger charge is -2.06. The number of aryl methyl sites for hydroxylation is 2. The average molecular weight is 214 g/mol. The van der Waals surface area contributed by atoms with E-state index in [1.54, 1.807) is 0 Å². The van der Waals surface area contributed by atoms with Crippen molar-refractivity contribution < 1.29 is 0 Å². The quantitative estimate of drug-likeness (QED) is 0.849. The maximum atomic E-state index is 4.69. The summed E-state index contributed by atoms with van der Waals surface area (Å²) in [6, 6.07) is 8.67. The SMILES string of the molecule is CNCCc1ccc2c(C)cc(C)cc2n1. The van der Waals surface area contributed by atoms with Gasteiger partial charge in [-0.15, -0.1) is 0 Å². The summed E-state index contributed by atoms with van der Waals surface area (Å²) in [7, 11) is 1.97. The zero-order chi connectivity index (χ0) is 11.5. The predicted molar refractivity (Wildman–Crippen MR) is 68.8 cm³/mol. The molecule has 0 saturated carbocycles. The summed E-state index contributed by atoms with van der Waals surface area (Å²) in [6.07, 6.45) is 0.986. The molecule has 0 aliphatic rings. The molecule has 2 heteroatoms. The van der Waals surface area contributed by atoms with Gasteiger partial charge >= 0.3 is 0 Å². The highest BCUT2D eigenvalue weighted by Gasteiger charge is 2.01. The van der Waals surface area contributed by atoms with Crippen LogP contribution in [0.2, 0.25) is 0 Å². The molecule has 16 heavy (non-hydrogen) atoms. The van der Waals surface area contributed by atoms with Crippen molar-refractivity contribution in [2.24, 2.45) is 0 Å². The van der Waals surface area contributed by atoms with E-state index >= 15 is 0 Å². The molecule has 2 nitrogen and oxygen atoms in total. The summed E-state index contributed by atoms with van der Waals surface area (Å²) in [5.41, 5.74) is 4.86. The first-order chi connectivity index (χ1) is 7.70. The Hall–Kier alpha value is -1.41. The van der Waals surface area contributed by atoms with Crippen LogP contribution in [0, 0.1) is 13.8 Å². The number of fused-ring (bicyclic) bond motifs is 1. The number of nitrogens with one attached hydrogen (secondary N) is 1. The minimum Gasteiger partial charge on any atom is -0.319 e. The van der Waals surface area contributed by atoms with Gasteiger partial charge in [0.05, 0.1) is 5.52 Å². The molecule has 0 aliphatic heterocycles. The average Bonchev–Trinajstić information content (AvgIpc) is 2.25.